The van der Waals surface area contributed by atoms with Crippen molar-refractivity contribution in [1.29, 1.82) is 0 Å². The van der Waals surface area contributed by atoms with Crippen LogP contribution in [0.2, 0.25) is 0 Å². The van der Waals surface area contributed by atoms with E-state index in [9.17, 15) is 22.4 Å². The number of Topliss-reactive ketones (excluding diaryl/α,β-unsaturated/α-hetero) is 1. The molecule has 6 nitrogen and oxygen atoms in total. The van der Waals surface area contributed by atoms with E-state index in [0.717, 1.165) is 0 Å². The van der Waals surface area contributed by atoms with E-state index >= 15 is 0 Å². The largest absolute Gasteiger partial charge is 0.366 e. The fourth-order valence-corrected chi connectivity index (χ4v) is 5.36. The van der Waals surface area contributed by atoms with Crippen LogP contribution in [0.4, 0.5) is 10.1 Å². The molecule has 1 aliphatic rings. The zero-order valence-corrected chi connectivity index (χ0v) is 19.6. The Morgan fingerprint density at radius 1 is 0.853 bits per heavy atom. The molecule has 0 spiro atoms. The van der Waals surface area contributed by atoms with Crippen LogP contribution < -0.4 is 4.90 Å². The Balaban J connectivity index is 1.37. The number of ketones is 1. The SMILES string of the molecule is CC(=O)c1ccc(N2CCN(C(=O)c3ccc(CS(=O)(=O)c4ccccc4)cc3)CC2)c(F)c1. The van der Waals surface area contributed by atoms with Gasteiger partial charge < -0.3 is 9.80 Å². The molecule has 1 saturated heterocycles. The van der Waals surface area contributed by atoms with Crippen LogP contribution in [0, 0.1) is 5.82 Å². The summed E-state index contributed by atoms with van der Waals surface area (Å²) >= 11 is 0. The molecule has 3 aromatic carbocycles. The average Bonchev–Trinajstić information content (AvgIpc) is 2.84. The van der Waals surface area contributed by atoms with E-state index in [0.29, 0.717) is 48.6 Å². The van der Waals surface area contributed by atoms with Gasteiger partial charge in [0, 0.05) is 37.3 Å². The predicted octanol–water partition coefficient (Wildman–Crippen LogP) is 3.96. The number of halogens is 1. The van der Waals surface area contributed by atoms with Gasteiger partial charge in [-0.05, 0) is 55.0 Å². The third-order valence-electron chi connectivity index (χ3n) is 5.92. The van der Waals surface area contributed by atoms with Gasteiger partial charge in [0.2, 0.25) is 0 Å². The summed E-state index contributed by atoms with van der Waals surface area (Å²) in [6, 6.07) is 19.3. The summed E-state index contributed by atoms with van der Waals surface area (Å²) in [5.41, 5.74) is 1.83. The van der Waals surface area contributed by atoms with Crippen LogP contribution in [0.1, 0.15) is 33.2 Å². The molecule has 0 aliphatic carbocycles. The van der Waals surface area contributed by atoms with Crippen LogP contribution in [0.25, 0.3) is 0 Å². The lowest BCUT2D eigenvalue weighted by molar-refractivity contribution is 0.0746. The minimum absolute atomic E-state index is 0.141. The number of piperazine rings is 1. The number of nitrogens with zero attached hydrogens (tertiary/aromatic N) is 2. The predicted molar refractivity (Wildman–Crippen MR) is 128 cm³/mol. The molecule has 1 fully saturated rings. The Hall–Kier alpha value is -3.52. The summed E-state index contributed by atoms with van der Waals surface area (Å²) < 4.78 is 39.6. The lowest BCUT2D eigenvalue weighted by atomic mass is 10.1. The van der Waals surface area contributed by atoms with Crippen molar-refractivity contribution in [1.82, 2.24) is 4.90 Å². The number of hydrogen-bond acceptors (Lipinski definition) is 5. The number of amides is 1. The number of carbonyl (C=O) groups is 2. The quantitative estimate of drug-likeness (QED) is 0.499. The molecule has 1 heterocycles. The number of rotatable bonds is 6. The van der Waals surface area contributed by atoms with Crippen molar-refractivity contribution in [3.63, 3.8) is 0 Å². The summed E-state index contributed by atoms with van der Waals surface area (Å²) in [6.07, 6.45) is 0. The van der Waals surface area contributed by atoms with Gasteiger partial charge in [0.25, 0.3) is 5.91 Å². The number of carbonyl (C=O) groups excluding carboxylic acids is 2. The minimum Gasteiger partial charge on any atom is -0.366 e. The van der Waals surface area contributed by atoms with Crippen molar-refractivity contribution < 1.29 is 22.4 Å². The molecule has 176 valence electrons. The molecule has 3 aromatic rings. The molecule has 4 rings (SSSR count). The van der Waals surface area contributed by atoms with Gasteiger partial charge in [0.1, 0.15) is 5.82 Å². The molecule has 1 aliphatic heterocycles. The fourth-order valence-electron chi connectivity index (χ4n) is 3.99. The second kappa shape index (κ2) is 9.77. The summed E-state index contributed by atoms with van der Waals surface area (Å²) in [4.78, 5) is 28.2. The summed E-state index contributed by atoms with van der Waals surface area (Å²) in [5.74, 6) is -0.930. The summed E-state index contributed by atoms with van der Waals surface area (Å²) in [5, 5.41) is 0. The van der Waals surface area contributed by atoms with E-state index in [1.54, 1.807) is 71.6 Å². The first kappa shape index (κ1) is 23.6. The van der Waals surface area contributed by atoms with E-state index in [1.807, 2.05) is 4.90 Å². The topological polar surface area (TPSA) is 74.8 Å². The highest BCUT2D eigenvalue weighted by Crippen LogP contribution is 2.23. The molecule has 0 aromatic heterocycles. The standard InChI is InChI=1S/C26H25FN2O4S/c1-19(30)22-11-12-25(24(27)17-22)28-13-15-29(16-14-28)26(31)21-9-7-20(8-10-21)18-34(32,33)23-5-3-2-4-6-23/h2-12,17H,13-16,18H2,1H3. The second-order valence-electron chi connectivity index (χ2n) is 8.27. The first-order valence-corrected chi connectivity index (χ1v) is 12.6. The molecule has 8 heteroatoms. The monoisotopic (exact) mass is 480 g/mol. The molecule has 0 radical (unpaired) electrons. The third-order valence-corrected chi connectivity index (χ3v) is 7.63. The Bertz CT molecular complexity index is 1300. The molecule has 0 saturated carbocycles. The smallest absolute Gasteiger partial charge is 0.253 e. The highest BCUT2D eigenvalue weighted by Gasteiger charge is 2.24. The van der Waals surface area contributed by atoms with Crippen LogP contribution in [0.15, 0.2) is 77.7 Å². The van der Waals surface area contributed by atoms with Gasteiger partial charge in [-0.15, -0.1) is 0 Å². The van der Waals surface area contributed by atoms with Gasteiger partial charge in [0.05, 0.1) is 16.3 Å². The molecule has 0 bridgehead atoms. The first-order valence-electron chi connectivity index (χ1n) is 11.0. The normalized spacial score (nSPS) is 14.2. The first-order chi connectivity index (χ1) is 16.2. The molecular formula is C26H25FN2O4S. The summed E-state index contributed by atoms with van der Waals surface area (Å²) in [7, 11) is -3.46. The molecule has 0 N–H and O–H groups in total. The average molecular weight is 481 g/mol. The Kier molecular flexibility index (Phi) is 6.79. The van der Waals surface area contributed by atoms with Crippen molar-refractivity contribution in [2.24, 2.45) is 0 Å². The minimum atomic E-state index is -3.46. The van der Waals surface area contributed by atoms with Crippen molar-refractivity contribution in [3.05, 3.63) is 95.3 Å². The third kappa shape index (κ3) is 5.17. The van der Waals surface area contributed by atoms with Gasteiger partial charge in [0.15, 0.2) is 15.6 Å². The molecule has 0 atom stereocenters. The van der Waals surface area contributed by atoms with Crippen LogP contribution in [-0.4, -0.2) is 51.2 Å². The maximum absolute atomic E-state index is 14.5. The van der Waals surface area contributed by atoms with Gasteiger partial charge in [-0.3, -0.25) is 9.59 Å². The van der Waals surface area contributed by atoms with Gasteiger partial charge >= 0.3 is 0 Å². The number of hydrogen-bond donors (Lipinski definition) is 0. The highest BCUT2D eigenvalue weighted by molar-refractivity contribution is 7.90. The Morgan fingerprint density at radius 2 is 1.47 bits per heavy atom. The van der Waals surface area contributed by atoms with E-state index in [-0.39, 0.29) is 22.3 Å². The molecular weight excluding hydrogens is 455 g/mol. The van der Waals surface area contributed by atoms with E-state index in [4.69, 9.17) is 0 Å². The van der Waals surface area contributed by atoms with Crippen molar-refractivity contribution >= 4 is 27.2 Å². The number of sulfone groups is 1. The molecule has 34 heavy (non-hydrogen) atoms. The van der Waals surface area contributed by atoms with Crippen LogP contribution in [-0.2, 0) is 15.6 Å². The van der Waals surface area contributed by atoms with Crippen molar-refractivity contribution in [2.45, 2.75) is 17.6 Å². The van der Waals surface area contributed by atoms with Crippen molar-refractivity contribution in [3.8, 4) is 0 Å². The Labute approximate surface area is 198 Å². The lowest BCUT2D eigenvalue weighted by Crippen LogP contribution is -2.49. The van der Waals surface area contributed by atoms with E-state index < -0.39 is 15.7 Å². The van der Waals surface area contributed by atoms with Gasteiger partial charge in [-0.2, -0.15) is 0 Å². The second-order valence-corrected chi connectivity index (χ2v) is 10.3. The lowest BCUT2D eigenvalue weighted by Gasteiger charge is -2.36. The number of benzene rings is 3. The van der Waals surface area contributed by atoms with Crippen molar-refractivity contribution in [2.75, 3.05) is 31.1 Å². The zero-order chi connectivity index (χ0) is 24.3. The fraction of sp³-hybridized carbons (Fsp3) is 0.231. The molecule has 0 unspecified atom stereocenters. The molecule has 1 amide bonds. The van der Waals surface area contributed by atoms with Crippen LogP contribution in [0.3, 0.4) is 0 Å². The number of anilines is 1. The van der Waals surface area contributed by atoms with E-state index in [1.165, 1.54) is 13.0 Å². The Morgan fingerprint density at radius 3 is 2.06 bits per heavy atom. The van der Waals surface area contributed by atoms with Crippen LogP contribution >= 0.6 is 0 Å². The van der Waals surface area contributed by atoms with E-state index in [2.05, 4.69) is 0 Å². The van der Waals surface area contributed by atoms with Gasteiger partial charge in [-0.1, -0.05) is 30.3 Å². The summed E-state index contributed by atoms with van der Waals surface area (Å²) in [6.45, 7) is 3.19. The maximum Gasteiger partial charge on any atom is 0.253 e. The maximum atomic E-state index is 14.5. The zero-order valence-electron chi connectivity index (χ0n) is 18.8. The van der Waals surface area contributed by atoms with Gasteiger partial charge in [-0.25, -0.2) is 12.8 Å². The highest BCUT2D eigenvalue weighted by atomic mass is 32.2. The van der Waals surface area contributed by atoms with Crippen LogP contribution in [0.5, 0.6) is 0 Å².